The molecule has 1 heterocycles. The van der Waals surface area contributed by atoms with Gasteiger partial charge >= 0.3 is 5.97 Å². The number of halogens is 1. The second kappa shape index (κ2) is 6.69. The van der Waals surface area contributed by atoms with Crippen LogP contribution < -0.4 is 4.72 Å². The standard InChI is InChI=1S/C18H16FNO4S2/c1-10-7-8-11(2)13(9-10)20-26(22,23)17-15-12(19)5-4-6-14(15)25-16(17)18(21)24-3/h4-9,20H,1-3H3. The molecule has 26 heavy (non-hydrogen) atoms. The first-order chi connectivity index (χ1) is 12.2. The Kier molecular flexibility index (Phi) is 4.72. The predicted molar refractivity (Wildman–Crippen MR) is 99.8 cm³/mol. The first kappa shape index (κ1) is 18.3. The Bertz CT molecular complexity index is 1120. The molecule has 136 valence electrons. The fourth-order valence-electron chi connectivity index (χ4n) is 2.60. The monoisotopic (exact) mass is 393 g/mol. The maximum absolute atomic E-state index is 14.4. The Hall–Kier alpha value is -2.45. The number of benzene rings is 2. The lowest BCUT2D eigenvalue weighted by Gasteiger charge is -2.12. The van der Waals surface area contributed by atoms with E-state index in [0.29, 0.717) is 16.0 Å². The van der Waals surface area contributed by atoms with Crippen LogP contribution in [0.5, 0.6) is 0 Å². The first-order valence-electron chi connectivity index (χ1n) is 7.64. The van der Waals surface area contributed by atoms with Crippen LogP contribution in [0, 0.1) is 19.7 Å². The van der Waals surface area contributed by atoms with E-state index in [-0.39, 0.29) is 10.3 Å². The zero-order chi connectivity index (χ0) is 19.1. The highest BCUT2D eigenvalue weighted by atomic mass is 32.2. The van der Waals surface area contributed by atoms with E-state index in [4.69, 9.17) is 4.74 Å². The van der Waals surface area contributed by atoms with Crippen molar-refractivity contribution >= 4 is 43.1 Å². The molecule has 1 aromatic heterocycles. The molecule has 1 N–H and O–H groups in total. The van der Waals surface area contributed by atoms with Crippen molar-refractivity contribution in [3.63, 3.8) is 0 Å². The maximum atomic E-state index is 14.4. The number of hydrogen-bond acceptors (Lipinski definition) is 5. The SMILES string of the molecule is COC(=O)c1sc2cccc(F)c2c1S(=O)(=O)Nc1cc(C)ccc1C. The third-order valence-electron chi connectivity index (χ3n) is 3.90. The number of fused-ring (bicyclic) bond motifs is 1. The molecule has 0 bridgehead atoms. The number of carbonyl (C=O) groups is 1. The minimum Gasteiger partial charge on any atom is -0.465 e. The number of sulfonamides is 1. The van der Waals surface area contributed by atoms with Crippen LogP contribution in [0.15, 0.2) is 41.3 Å². The minimum atomic E-state index is -4.22. The van der Waals surface area contributed by atoms with Gasteiger partial charge in [-0.25, -0.2) is 17.6 Å². The van der Waals surface area contributed by atoms with Crippen molar-refractivity contribution in [1.29, 1.82) is 0 Å². The van der Waals surface area contributed by atoms with Crippen molar-refractivity contribution in [2.24, 2.45) is 0 Å². The summed E-state index contributed by atoms with van der Waals surface area (Å²) in [4.78, 5) is 11.5. The Morgan fingerprint density at radius 3 is 2.62 bits per heavy atom. The lowest BCUT2D eigenvalue weighted by molar-refractivity contribution is 0.0602. The van der Waals surface area contributed by atoms with Crippen molar-refractivity contribution in [3.8, 4) is 0 Å². The van der Waals surface area contributed by atoms with Gasteiger partial charge in [-0.3, -0.25) is 4.72 Å². The lowest BCUT2D eigenvalue weighted by Crippen LogP contribution is -2.17. The molecule has 0 unspecified atom stereocenters. The summed E-state index contributed by atoms with van der Waals surface area (Å²) < 4.78 is 48.0. The number of carbonyl (C=O) groups excluding carboxylic acids is 1. The van der Waals surface area contributed by atoms with E-state index in [9.17, 15) is 17.6 Å². The summed E-state index contributed by atoms with van der Waals surface area (Å²) in [5.74, 6) is -1.54. The van der Waals surface area contributed by atoms with Gasteiger partial charge in [-0.2, -0.15) is 0 Å². The summed E-state index contributed by atoms with van der Waals surface area (Å²) in [5, 5.41) is -0.115. The van der Waals surface area contributed by atoms with E-state index >= 15 is 0 Å². The van der Waals surface area contributed by atoms with Crippen molar-refractivity contribution in [3.05, 3.63) is 58.2 Å². The van der Waals surface area contributed by atoms with E-state index in [1.807, 2.05) is 13.0 Å². The fraction of sp³-hybridized carbons (Fsp3) is 0.167. The van der Waals surface area contributed by atoms with Gasteiger partial charge in [0.15, 0.2) is 0 Å². The molecule has 5 nitrogen and oxygen atoms in total. The smallest absolute Gasteiger partial charge is 0.349 e. The van der Waals surface area contributed by atoms with Crippen LogP contribution in [0.2, 0.25) is 0 Å². The van der Waals surface area contributed by atoms with E-state index in [1.165, 1.54) is 6.07 Å². The first-order valence-corrected chi connectivity index (χ1v) is 9.94. The number of aryl methyl sites for hydroxylation is 2. The Morgan fingerprint density at radius 1 is 1.19 bits per heavy atom. The second-order valence-electron chi connectivity index (χ2n) is 5.79. The second-order valence-corrected chi connectivity index (χ2v) is 8.46. The number of hydrogen-bond donors (Lipinski definition) is 1. The highest BCUT2D eigenvalue weighted by Crippen LogP contribution is 2.38. The number of thiophene rings is 1. The van der Waals surface area contributed by atoms with Gasteiger partial charge in [0, 0.05) is 10.1 Å². The molecule has 0 aliphatic heterocycles. The quantitative estimate of drug-likeness (QED) is 0.673. The van der Waals surface area contributed by atoms with Crippen molar-refractivity contribution in [1.82, 2.24) is 0 Å². The molecule has 0 saturated heterocycles. The van der Waals surface area contributed by atoms with Crippen molar-refractivity contribution in [2.45, 2.75) is 18.7 Å². The molecule has 3 aromatic rings. The van der Waals surface area contributed by atoms with Crippen LogP contribution in [0.4, 0.5) is 10.1 Å². The number of esters is 1. The van der Waals surface area contributed by atoms with Gasteiger partial charge in [0.2, 0.25) is 0 Å². The zero-order valence-electron chi connectivity index (χ0n) is 14.3. The zero-order valence-corrected chi connectivity index (χ0v) is 15.9. The molecule has 0 atom stereocenters. The molecule has 3 rings (SSSR count). The van der Waals surface area contributed by atoms with Crippen LogP contribution in [-0.2, 0) is 14.8 Å². The van der Waals surface area contributed by atoms with Crippen LogP contribution in [0.3, 0.4) is 0 Å². The van der Waals surface area contributed by atoms with Gasteiger partial charge in [0.25, 0.3) is 10.0 Å². The summed E-state index contributed by atoms with van der Waals surface area (Å²) in [6, 6.07) is 9.49. The Morgan fingerprint density at radius 2 is 1.92 bits per heavy atom. The molecule has 8 heteroatoms. The summed E-state index contributed by atoms with van der Waals surface area (Å²) in [6.07, 6.45) is 0. The predicted octanol–water partition coefficient (Wildman–Crippen LogP) is 4.24. The molecular weight excluding hydrogens is 377 g/mol. The third-order valence-corrected chi connectivity index (χ3v) is 6.60. The summed E-state index contributed by atoms with van der Waals surface area (Å²) in [6.45, 7) is 3.58. The van der Waals surface area contributed by atoms with Crippen molar-refractivity contribution in [2.75, 3.05) is 11.8 Å². The van der Waals surface area contributed by atoms with Crippen LogP contribution in [0.25, 0.3) is 10.1 Å². The number of ether oxygens (including phenoxy) is 1. The Balaban J connectivity index is 2.25. The van der Waals surface area contributed by atoms with Gasteiger partial charge in [0.05, 0.1) is 12.8 Å². The van der Waals surface area contributed by atoms with Gasteiger partial charge in [0.1, 0.15) is 15.6 Å². The third kappa shape index (κ3) is 3.17. The van der Waals surface area contributed by atoms with Gasteiger partial charge < -0.3 is 4.74 Å². The number of nitrogens with one attached hydrogen (secondary N) is 1. The molecule has 0 fully saturated rings. The molecule has 0 aliphatic rings. The van der Waals surface area contributed by atoms with Crippen molar-refractivity contribution < 1.29 is 22.3 Å². The van der Waals surface area contributed by atoms with Gasteiger partial charge in [-0.1, -0.05) is 18.2 Å². The fourth-order valence-corrected chi connectivity index (χ4v) is 5.57. The molecule has 0 spiro atoms. The topological polar surface area (TPSA) is 72.5 Å². The number of methoxy groups -OCH3 is 1. The summed E-state index contributed by atoms with van der Waals surface area (Å²) in [7, 11) is -3.07. The van der Waals surface area contributed by atoms with E-state index in [1.54, 1.807) is 25.1 Å². The normalized spacial score (nSPS) is 11.5. The molecular formula is C18H16FNO4S2. The average molecular weight is 393 g/mol. The molecule has 0 aliphatic carbocycles. The molecule has 2 aromatic carbocycles. The Labute approximate surface area is 154 Å². The van der Waals surface area contributed by atoms with Crippen LogP contribution >= 0.6 is 11.3 Å². The molecule has 0 radical (unpaired) electrons. The highest BCUT2D eigenvalue weighted by molar-refractivity contribution is 7.93. The maximum Gasteiger partial charge on any atom is 0.349 e. The molecule has 0 amide bonds. The van der Waals surface area contributed by atoms with Crippen LogP contribution in [-0.4, -0.2) is 21.5 Å². The van der Waals surface area contributed by atoms with Crippen LogP contribution in [0.1, 0.15) is 20.8 Å². The number of rotatable bonds is 4. The van der Waals surface area contributed by atoms with Gasteiger partial charge in [-0.05, 0) is 43.2 Å². The minimum absolute atomic E-state index is 0.115. The summed E-state index contributed by atoms with van der Waals surface area (Å²) in [5.41, 5.74) is 1.94. The lowest BCUT2D eigenvalue weighted by atomic mass is 10.1. The van der Waals surface area contributed by atoms with E-state index < -0.39 is 26.7 Å². The number of anilines is 1. The molecule has 0 saturated carbocycles. The largest absolute Gasteiger partial charge is 0.465 e. The van der Waals surface area contributed by atoms with E-state index in [2.05, 4.69) is 4.72 Å². The van der Waals surface area contributed by atoms with E-state index in [0.717, 1.165) is 30.1 Å². The average Bonchev–Trinajstić information content (AvgIpc) is 2.99. The summed E-state index contributed by atoms with van der Waals surface area (Å²) >= 11 is 0.882. The highest BCUT2D eigenvalue weighted by Gasteiger charge is 2.31. The van der Waals surface area contributed by atoms with Gasteiger partial charge in [-0.15, -0.1) is 11.3 Å².